The van der Waals surface area contributed by atoms with Crippen molar-refractivity contribution in [3.8, 4) is 0 Å². The van der Waals surface area contributed by atoms with Gasteiger partial charge in [-0.2, -0.15) is 4.52 Å². The van der Waals surface area contributed by atoms with Crippen molar-refractivity contribution in [2.45, 2.75) is 39.7 Å². The molecular formula is C13H19N5O2. The Labute approximate surface area is 117 Å². The second kappa shape index (κ2) is 5.85. The van der Waals surface area contributed by atoms with E-state index in [1.165, 1.54) is 0 Å². The number of carbonyl (C=O) groups is 1. The second-order valence-corrected chi connectivity index (χ2v) is 4.80. The largest absolute Gasteiger partial charge is 0.480 e. The normalized spacial score (nSPS) is 14.2. The lowest BCUT2D eigenvalue weighted by atomic mass is 9.99. The van der Waals surface area contributed by atoms with Gasteiger partial charge in [0.05, 0.1) is 0 Å². The van der Waals surface area contributed by atoms with Crippen LogP contribution < -0.4 is 5.32 Å². The summed E-state index contributed by atoms with van der Waals surface area (Å²) in [5, 5.41) is 24.7. The van der Waals surface area contributed by atoms with E-state index in [9.17, 15) is 9.90 Å². The summed E-state index contributed by atoms with van der Waals surface area (Å²) in [4.78, 5) is 11.3. The minimum absolute atomic E-state index is 0.0107. The highest BCUT2D eigenvalue weighted by atomic mass is 16.4. The molecule has 0 saturated carbocycles. The lowest BCUT2D eigenvalue weighted by Gasteiger charge is -2.20. The molecular weight excluding hydrogens is 258 g/mol. The van der Waals surface area contributed by atoms with Crippen molar-refractivity contribution in [1.82, 2.24) is 19.8 Å². The van der Waals surface area contributed by atoms with Gasteiger partial charge in [-0.1, -0.05) is 27.2 Å². The molecule has 108 valence electrons. The number of aliphatic carboxylic acids is 1. The lowest BCUT2D eigenvalue weighted by Crippen LogP contribution is -2.35. The molecule has 0 saturated heterocycles. The van der Waals surface area contributed by atoms with Crippen LogP contribution >= 0.6 is 0 Å². The third-order valence-corrected chi connectivity index (χ3v) is 3.43. The first-order valence-electron chi connectivity index (χ1n) is 6.77. The number of aryl methyl sites for hydroxylation is 1. The Hall–Kier alpha value is -2.18. The fourth-order valence-corrected chi connectivity index (χ4v) is 1.97. The van der Waals surface area contributed by atoms with Crippen LogP contribution in [0.2, 0.25) is 0 Å². The number of carboxylic acids is 1. The molecule has 2 aromatic rings. The minimum atomic E-state index is -0.874. The summed E-state index contributed by atoms with van der Waals surface area (Å²) in [6.45, 7) is 5.84. The molecule has 0 aliphatic heterocycles. The Kier molecular flexibility index (Phi) is 4.16. The molecule has 2 heterocycles. The fraction of sp³-hybridized carbons (Fsp3) is 0.538. The highest BCUT2D eigenvalue weighted by Crippen LogP contribution is 2.15. The van der Waals surface area contributed by atoms with Crippen LogP contribution in [0.1, 0.15) is 33.0 Å². The summed E-state index contributed by atoms with van der Waals surface area (Å²) in [7, 11) is 0. The van der Waals surface area contributed by atoms with Crippen molar-refractivity contribution in [2.24, 2.45) is 5.92 Å². The highest BCUT2D eigenvalue weighted by molar-refractivity contribution is 5.77. The second-order valence-electron chi connectivity index (χ2n) is 4.80. The van der Waals surface area contributed by atoms with Crippen molar-refractivity contribution >= 4 is 17.4 Å². The predicted octanol–water partition coefficient (Wildman–Crippen LogP) is 1.60. The van der Waals surface area contributed by atoms with Crippen LogP contribution in [0.15, 0.2) is 12.1 Å². The standard InChI is InChI=1S/C13H19N5O2/c1-4-8(3)12(13(19)20)14-9-6-7-11-16-15-10(5-2)18(11)17-9/h6-8,12H,4-5H2,1-3H3,(H,14,17)(H,19,20)/t8-,12-/m0/s1. The molecule has 0 bridgehead atoms. The van der Waals surface area contributed by atoms with Crippen LogP contribution in [0, 0.1) is 5.92 Å². The monoisotopic (exact) mass is 277 g/mol. The van der Waals surface area contributed by atoms with Crippen LogP contribution in [0.25, 0.3) is 5.65 Å². The van der Waals surface area contributed by atoms with Crippen LogP contribution in [-0.2, 0) is 11.2 Å². The van der Waals surface area contributed by atoms with E-state index in [4.69, 9.17) is 0 Å². The van der Waals surface area contributed by atoms with E-state index in [0.717, 1.165) is 12.2 Å². The van der Waals surface area contributed by atoms with Crippen molar-refractivity contribution in [2.75, 3.05) is 5.32 Å². The topological polar surface area (TPSA) is 92.4 Å². The maximum absolute atomic E-state index is 11.3. The van der Waals surface area contributed by atoms with Crippen molar-refractivity contribution in [3.05, 3.63) is 18.0 Å². The van der Waals surface area contributed by atoms with Crippen LogP contribution in [0.4, 0.5) is 5.82 Å². The summed E-state index contributed by atoms with van der Waals surface area (Å²) < 4.78 is 1.64. The van der Waals surface area contributed by atoms with E-state index in [-0.39, 0.29) is 5.92 Å². The van der Waals surface area contributed by atoms with Gasteiger partial charge >= 0.3 is 5.97 Å². The van der Waals surface area contributed by atoms with E-state index >= 15 is 0 Å². The van der Waals surface area contributed by atoms with Crippen LogP contribution in [0.3, 0.4) is 0 Å². The summed E-state index contributed by atoms with van der Waals surface area (Å²) in [6.07, 6.45) is 1.49. The number of hydrogen-bond acceptors (Lipinski definition) is 5. The van der Waals surface area contributed by atoms with Gasteiger partial charge in [-0.25, -0.2) is 4.79 Å². The number of hydrogen-bond donors (Lipinski definition) is 2. The van der Waals surface area contributed by atoms with Gasteiger partial charge in [0.1, 0.15) is 11.9 Å². The first-order valence-corrected chi connectivity index (χ1v) is 6.77. The van der Waals surface area contributed by atoms with Gasteiger partial charge < -0.3 is 10.4 Å². The molecule has 2 atom stereocenters. The predicted molar refractivity (Wildman–Crippen MR) is 74.7 cm³/mol. The van der Waals surface area contributed by atoms with Gasteiger partial charge in [0.25, 0.3) is 0 Å². The van der Waals surface area contributed by atoms with E-state index in [0.29, 0.717) is 17.9 Å². The first kappa shape index (κ1) is 14.2. The molecule has 7 nitrogen and oxygen atoms in total. The Morgan fingerprint density at radius 3 is 2.75 bits per heavy atom. The molecule has 20 heavy (non-hydrogen) atoms. The SMILES string of the molecule is CCc1nnc2ccc(N[C@H](C(=O)O)[C@@H](C)CC)nn12. The molecule has 0 aliphatic carbocycles. The van der Waals surface area contributed by atoms with E-state index < -0.39 is 12.0 Å². The number of anilines is 1. The van der Waals surface area contributed by atoms with Gasteiger partial charge in [0.2, 0.25) is 0 Å². The minimum Gasteiger partial charge on any atom is -0.480 e. The number of fused-ring (bicyclic) bond motifs is 1. The molecule has 0 spiro atoms. The van der Waals surface area contributed by atoms with Gasteiger partial charge in [0.15, 0.2) is 11.5 Å². The van der Waals surface area contributed by atoms with Crippen molar-refractivity contribution in [1.29, 1.82) is 0 Å². The highest BCUT2D eigenvalue weighted by Gasteiger charge is 2.23. The summed E-state index contributed by atoms with van der Waals surface area (Å²) in [6, 6.07) is 2.84. The van der Waals surface area contributed by atoms with Crippen LogP contribution in [-0.4, -0.2) is 36.9 Å². The zero-order chi connectivity index (χ0) is 14.7. The fourth-order valence-electron chi connectivity index (χ4n) is 1.97. The van der Waals surface area contributed by atoms with Crippen molar-refractivity contribution in [3.63, 3.8) is 0 Å². The Morgan fingerprint density at radius 2 is 2.15 bits per heavy atom. The van der Waals surface area contributed by atoms with Gasteiger partial charge in [-0.3, -0.25) is 0 Å². The molecule has 2 rings (SSSR count). The maximum atomic E-state index is 11.3. The van der Waals surface area contributed by atoms with E-state index in [2.05, 4.69) is 20.6 Å². The van der Waals surface area contributed by atoms with Gasteiger partial charge in [-0.15, -0.1) is 15.3 Å². The molecule has 0 aliphatic rings. The summed E-state index contributed by atoms with van der Waals surface area (Å²) in [5.41, 5.74) is 0.655. The number of nitrogens with zero attached hydrogens (tertiary/aromatic N) is 4. The maximum Gasteiger partial charge on any atom is 0.326 e. The average Bonchev–Trinajstić information content (AvgIpc) is 2.85. The zero-order valence-corrected chi connectivity index (χ0v) is 11.9. The van der Waals surface area contributed by atoms with Gasteiger partial charge in [-0.05, 0) is 18.1 Å². The third-order valence-electron chi connectivity index (χ3n) is 3.43. The van der Waals surface area contributed by atoms with Gasteiger partial charge in [0, 0.05) is 6.42 Å². The van der Waals surface area contributed by atoms with E-state index in [1.807, 2.05) is 20.8 Å². The number of nitrogens with one attached hydrogen (secondary N) is 1. The molecule has 0 radical (unpaired) electrons. The van der Waals surface area contributed by atoms with E-state index in [1.54, 1.807) is 16.6 Å². The number of aromatic nitrogens is 4. The Balaban J connectivity index is 2.30. The molecule has 0 amide bonds. The lowest BCUT2D eigenvalue weighted by molar-refractivity contribution is -0.139. The quantitative estimate of drug-likeness (QED) is 0.833. The summed E-state index contributed by atoms with van der Waals surface area (Å²) in [5.74, 6) is 0.399. The first-order chi connectivity index (χ1) is 9.56. The zero-order valence-electron chi connectivity index (χ0n) is 11.9. The Bertz CT molecular complexity index is 610. The van der Waals surface area contributed by atoms with Crippen LogP contribution in [0.5, 0.6) is 0 Å². The molecule has 0 unspecified atom stereocenters. The molecule has 0 aromatic carbocycles. The van der Waals surface area contributed by atoms with Crippen molar-refractivity contribution < 1.29 is 9.90 Å². The Morgan fingerprint density at radius 1 is 1.40 bits per heavy atom. The molecule has 2 N–H and O–H groups in total. The molecule has 0 fully saturated rings. The number of rotatable bonds is 6. The summed E-state index contributed by atoms with van der Waals surface area (Å²) >= 11 is 0. The number of carboxylic acid groups (broad SMARTS) is 1. The third kappa shape index (κ3) is 2.71. The average molecular weight is 277 g/mol. The molecule has 7 heteroatoms. The molecule has 2 aromatic heterocycles. The smallest absolute Gasteiger partial charge is 0.326 e.